The van der Waals surface area contributed by atoms with Crippen LogP contribution in [0.25, 0.3) is 11.4 Å². The Morgan fingerprint density at radius 2 is 1.88 bits per heavy atom. The summed E-state index contributed by atoms with van der Waals surface area (Å²) in [5.41, 5.74) is 0.674. The van der Waals surface area contributed by atoms with Crippen LogP contribution in [0.5, 0.6) is 0 Å². The molecule has 2 aromatic rings. The van der Waals surface area contributed by atoms with Crippen LogP contribution in [0.15, 0.2) is 29.4 Å². The standard InChI is InChI=1S/C17H22FN5OS/c1-11-4-3-5-12(2)22(11)15(24)10-25-17-21-20-16(23(17)19)13-6-8-14(18)9-7-13/h6-9,11-12H,3-5,10,19H2,1-2H3/t11-,12+. The van der Waals surface area contributed by atoms with Gasteiger partial charge in [0.25, 0.3) is 0 Å². The molecule has 0 radical (unpaired) electrons. The van der Waals surface area contributed by atoms with Gasteiger partial charge in [-0.1, -0.05) is 11.8 Å². The molecule has 8 heteroatoms. The van der Waals surface area contributed by atoms with Crippen molar-refractivity contribution in [1.82, 2.24) is 19.8 Å². The third-order valence-electron chi connectivity index (χ3n) is 4.57. The van der Waals surface area contributed by atoms with Gasteiger partial charge in [-0.05, 0) is 57.4 Å². The highest BCUT2D eigenvalue weighted by Crippen LogP contribution is 2.26. The molecular formula is C17H22FN5OS. The van der Waals surface area contributed by atoms with E-state index in [2.05, 4.69) is 24.0 Å². The van der Waals surface area contributed by atoms with Crippen molar-refractivity contribution >= 4 is 17.7 Å². The Kier molecular flexibility index (Phi) is 5.27. The van der Waals surface area contributed by atoms with Gasteiger partial charge in [0.2, 0.25) is 11.1 Å². The smallest absolute Gasteiger partial charge is 0.233 e. The predicted octanol–water partition coefficient (Wildman–Crippen LogP) is 2.68. The van der Waals surface area contributed by atoms with Crippen molar-refractivity contribution in [1.29, 1.82) is 0 Å². The van der Waals surface area contributed by atoms with Gasteiger partial charge >= 0.3 is 0 Å². The zero-order valence-electron chi connectivity index (χ0n) is 14.4. The molecule has 2 heterocycles. The van der Waals surface area contributed by atoms with E-state index >= 15 is 0 Å². The molecule has 25 heavy (non-hydrogen) atoms. The van der Waals surface area contributed by atoms with Crippen LogP contribution in [-0.2, 0) is 4.79 Å². The Morgan fingerprint density at radius 1 is 1.24 bits per heavy atom. The Hall–Kier alpha value is -2.09. The third-order valence-corrected chi connectivity index (χ3v) is 5.50. The Labute approximate surface area is 150 Å². The summed E-state index contributed by atoms with van der Waals surface area (Å²) in [6, 6.07) is 6.42. The highest BCUT2D eigenvalue weighted by molar-refractivity contribution is 7.99. The van der Waals surface area contributed by atoms with Crippen LogP contribution in [-0.4, -0.2) is 43.5 Å². The van der Waals surface area contributed by atoms with E-state index in [1.54, 1.807) is 12.1 Å². The molecule has 0 saturated carbocycles. The maximum atomic E-state index is 13.0. The average molecular weight is 363 g/mol. The number of nitrogens with zero attached hydrogens (tertiary/aromatic N) is 4. The van der Waals surface area contributed by atoms with Crippen LogP contribution in [0.1, 0.15) is 33.1 Å². The van der Waals surface area contributed by atoms with E-state index in [9.17, 15) is 9.18 Å². The molecule has 1 aliphatic rings. The summed E-state index contributed by atoms with van der Waals surface area (Å²) in [5, 5.41) is 8.57. The fourth-order valence-electron chi connectivity index (χ4n) is 3.28. The minimum atomic E-state index is -0.322. The molecule has 3 rings (SSSR count). The first kappa shape index (κ1) is 17.7. The van der Waals surface area contributed by atoms with Gasteiger partial charge < -0.3 is 10.7 Å². The van der Waals surface area contributed by atoms with E-state index in [0.717, 1.165) is 19.3 Å². The number of likely N-dealkylation sites (tertiary alicyclic amines) is 1. The van der Waals surface area contributed by atoms with Crippen molar-refractivity contribution in [3.63, 3.8) is 0 Å². The lowest BCUT2D eigenvalue weighted by molar-refractivity contribution is -0.134. The van der Waals surface area contributed by atoms with Gasteiger partial charge in [-0.3, -0.25) is 4.79 Å². The lowest BCUT2D eigenvalue weighted by atomic mass is 9.98. The second-order valence-corrected chi connectivity index (χ2v) is 7.34. The van der Waals surface area contributed by atoms with Crippen LogP contribution < -0.4 is 5.84 Å². The molecule has 134 valence electrons. The van der Waals surface area contributed by atoms with E-state index in [0.29, 0.717) is 16.5 Å². The number of nitrogens with two attached hydrogens (primary N) is 1. The zero-order chi connectivity index (χ0) is 18.0. The number of carbonyl (C=O) groups is 1. The molecule has 1 aromatic heterocycles. The summed E-state index contributed by atoms with van der Waals surface area (Å²) < 4.78 is 14.4. The second kappa shape index (κ2) is 7.43. The van der Waals surface area contributed by atoms with Crippen LogP contribution in [0, 0.1) is 5.82 Å². The van der Waals surface area contributed by atoms with Crippen molar-refractivity contribution in [2.75, 3.05) is 11.6 Å². The summed E-state index contributed by atoms with van der Waals surface area (Å²) in [7, 11) is 0. The number of carbonyl (C=O) groups excluding carboxylic acids is 1. The number of hydrogen-bond donors (Lipinski definition) is 1. The minimum Gasteiger partial charge on any atom is -0.337 e. The van der Waals surface area contributed by atoms with E-state index in [1.807, 2.05) is 4.90 Å². The number of nitrogen functional groups attached to an aromatic ring is 1. The van der Waals surface area contributed by atoms with Crippen molar-refractivity contribution in [3.8, 4) is 11.4 Å². The van der Waals surface area contributed by atoms with E-state index in [1.165, 1.54) is 28.6 Å². The normalized spacial score (nSPS) is 20.7. The number of rotatable bonds is 4. The van der Waals surface area contributed by atoms with Crippen molar-refractivity contribution < 1.29 is 9.18 Å². The number of amides is 1. The van der Waals surface area contributed by atoms with Gasteiger partial charge in [0.15, 0.2) is 5.82 Å². The highest BCUT2D eigenvalue weighted by Gasteiger charge is 2.29. The maximum absolute atomic E-state index is 13.0. The number of piperidine rings is 1. The number of halogens is 1. The minimum absolute atomic E-state index is 0.0935. The summed E-state index contributed by atoms with van der Waals surface area (Å²) >= 11 is 1.27. The van der Waals surface area contributed by atoms with Crippen LogP contribution in [0.4, 0.5) is 4.39 Å². The molecule has 1 aromatic carbocycles. The summed E-state index contributed by atoms with van der Waals surface area (Å²) in [4.78, 5) is 14.5. The molecule has 1 fully saturated rings. The molecule has 0 bridgehead atoms. The fraction of sp³-hybridized carbons (Fsp3) is 0.471. The maximum Gasteiger partial charge on any atom is 0.233 e. The molecule has 6 nitrogen and oxygen atoms in total. The SMILES string of the molecule is C[C@@H]1CCC[C@H](C)N1C(=O)CSc1nnc(-c2ccc(F)cc2)n1N. The molecule has 1 aliphatic heterocycles. The first-order chi connectivity index (χ1) is 12.0. The molecule has 2 atom stereocenters. The fourth-order valence-corrected chi connectivity index (χ4v) is 4.01. The van der Waals surface area contributed by atoms with Gasteiger partial charge in [0, 0.05) is 17.6 Å². The van der Waals surface area contributed by atoms with Crippen molar-refractivity contribution in [3.05, 3.63) is 30.1 Å². The molecule has 0 spiro atoms. The van der Waals surface area contributed by atoms with Gasteiger partial charge in [-0.15, -0.1) is 10.2 Å². The third kappa shape index (κ3) is 3.78. The Morgan fingerprint density at radius 3 is 2.52 bits per heavy atom. The largest absolute Gasteiger partial charge is 0.337 e. The molecule has 1 saturated heterocycles. The van der Waals surface area contributed by atoms with E-state index < -0.39 is 0 Å². The summed E-state index contributed by atoms with van der Waals surface area (Å²) in [5.74, 6) is 6.53. The first-order valence-electron chi connectivity index (χ1n) is 8.37. The van der Waals surface area contributed by atoms with Gasteiger partial charge in [-0.25, -0.2) is 9.07 Å². The second-order valence-electron chi connectivity index (χ2n) is 6.40. The molecule has 1 amide bonds. The number of thioether (sulfide) groups is 1. The molecule has 0 unspecified atom stereocenters. The number of aromatic nitrogens is 3. The monoisotopic (exact) mass is 363 g/mol. The summed E-state index contributed by atoms with van der Waals surface area (Å²) in [6.45, 7) is 4.19. The van der Waals surface area contributed by atoms with Crippen molar-refractivity contribution in [2.45, 2.75) is 50.4 Å². The molecule has 0 aliphatic carbocycles. The Bertz CT molecular complexity index is 738. The van der Waals surface area contributed by atoms with Crippen molar-refractivity contribution in [2.24, 2.45) is 0 Å². The van der Waals surface area contributed by atoms with Gasteiger partial charge in [-0.2, -0.15) is 0 Å². The lowest BCUT2D eigenvalue weighted by Crippen LogP contribution is -2.48. The summed E-state index contributed by atoms with van der Waals surface area (Å²) in [6.07, 6.45) is 3.25. The molecule has 2 N–H and O–H groups in total. The quantitative estimate of drug-likeness (QED) is 0.667. The Balaban J connectivity index is 1.68. The van der Waals surface area contributed by atoms with Crippen LogP contribution in [0.3, 0.4) is 0 Å². The average Bonchev–Trinajstić information content (AvgIpc) is 2.94. The zero-order valence-corrected chi connectivity index (χ0v) is 15.2. The number of benzene rings is 1. The highest BCUT2D eigenvalue weighted by atomic mass is 32.2. The molecular weight excluding hydrogens is 341 g/mol. The van der Waals surface area contributed by atoms with E-state index in [4.69, 9.17) is 5.84 Å². The first-order valence-corrected chi connectivity index (χ1v) is 9.36. The lowest BCUT2D eigenvalue weighted by Gasteiger charge is -2.39. The van der Waals surface area contributed by atoms with Gasteiger partial charge in [0.1, 0.15) is 5.82 Å². The van der Waals surface area contributed by atoms with Gasteiger partial charge in [0.05, 0.1) is 5.75 Å². The number of hydrogen-bond acceptors (Lipinski definition) is 5. The van der Waals surface area contributed by atoms with E-state index in [-0.39, 0.29) is 29.6 Å². The predicted molar refractivity (Wildman–Crippen MR) is 95.9 cm³/mol. The van der Waals surface area contributed by atoms with Crippen LogP contribution in [0.2, 0.25) is 0 Å². The van der Waals surface area contributed by atoms with Crippen LogP contribution >= 0.6 is 11.8 Å². The topological polar surface area (TPSA) is 77.0 Å².